The van der Waals surface area contributed by atoms with Crippen LogP contribution in [0.5, 0.6) is 0 Å². The highest BCUT2D eigenvalue weighted by atomic mass is 16.5. The van der Waals surface area contributed by atoms with Crippen LogP contribution in [-0.2, 0) is 9.53 Å². The van der Waals surface area contributed by atoms with E-state index < -0.39 is 0 Å². The summed E-state index contributed by atoms with van der Waals surface area (Å²) in [6.07, 6.45) is 7.35. The zero-order valence-corrected chi connectivity index (χ0v) is 8.01. The number of hydrogen-bond donors (Lipinski definition) is 0. The average Bonchev–Trinajstić information content (AvgIpc) is 2.09. The van der Waals surface area contributed by atoms with Gasteiger partial charge < -0.3 is 4.74 Å². The highest BCUT2D eigenvalue weighted by Gasteiger charge is 1.97. The van der Waals surface area contributed by atoms with Gasteiger partial charge in [0.1, 0.15) is 0 Å². The Balaban J connectivity index is 3.20. The molecule has 0 aliphatic carbocycles. The lowest BCUT2D eigenvalue weighted by Crippen LogP contribution is -2.03. The lowest BCUT2D eigenvalue weighted by molar-refractivity contribution is -0.142. The van der Waals surface area contributed by atoms with E-state index in [0.717, 1.165) is 19.3 Å². The standard InChI is InChI=1S/C10H18O2/c1-3-5-7-9-12-10(11)8-6-4-2/h4,6H,3,5,7-9H2,1-2H3. The molecule has 0 saturated heterocycles. The molecule has 70 valence electrons. The summed E-state index contributed by atoms with van der Waals surface area (Å²) in [5, 5.41) is 0. The molecule has 0 rings (SSSR count). The number of unbranched alkanes of at least 4 members (excludes halogenated alkanes) is 2. The van der Waals surface area contributed by atoms with Crippen molar-refractivity contribution in [1.82, 2.24) is 0 Å². The van der Waals surface area contributed by atoms with E-state index in [-0.39, 0.29) is 5.97 Å². The Bertz CT molecular complexity index is 139. The van der Waals surface area contributed by atoms with Crippen LogP contribution in [0.2, 0.25) is 0 Å². The van der Waals surface area contributed by atoms with Gasteiger partial charge in [-0.2, -0.15) is 0 Å². The normalized spacial score (nSPS) is 10.5. The van der Waals surface area contributed by atoms with Crippen molar-refractivity contribution in [3.8, 4) is 0 Å². The Hall–Kier alpha value is -0.790. The summed E-state index contributed by atoms with van der Waals surface area (Å²) in [6, 6.07) is 0. The fourth-order valence-electron chi connectivity index (χ4n) is 0.811. The van der Waals surface area contributed by atoms with Gasteiger partial charge in [-0.3, -0.25) is 4.79 Å². The van der Waals surface area contributed by atoms with Crippen LogP contribution >= 0.6 is 0 Å². The molecular weight excluding hydrogens is 152 g/mol. The van der Waals surface area contributed by atoms with E-state index in [0.29, 0.717) is 13.0 Å². The minimum absolute atomic E-state index is 0.121. The molecule has 0 aromatic carbocycles. The van der Waals surface area contributed by atoms with Gasteiger partial charge in [0.05, 0.1) is 13.0 Å². The number of allylic oxidation sites excluding steroid dienone is 1. The molecule has 2 heteroatoms. The van der Waals surface area contributed by atoms with Crippen molar-refractivity contribution in [3.05, 3.63) is 12.2 Å². The highest BCUT2D eigenvalue weighted by molar-refractivity contribution is 5.71. The zero-order chi connectivity index (χ0) is 9.23. The van der Waals surface area contributed by atoms with Crippen molar-refractivity contribution in [2.75, 3.05) is 6.61 Å². The number of rotatable bonds is 6. The molecule has 0 bridgehead atoms. The second-order valence-corrected chi connectivity index (χ2v) is 2.70. The minimum Gasteiger partial charge on any atom is -0.465 e. The predicted molar refractivity (Wildman–Crippen MR) is 49.9 cm³/mol. The molecule has 0 aromatic rings. The van der Waals surface area contributed by atoms with Crippen LogP contribution < -0.4 is 0 Å². The van der Waals surface area contributed by atoms with Gasteiger partial charge in [-0.15, -0.1) is 0 Å². The molecule has 0 spiro atoms. The largest absolute Gasteiger partial charge is 0.465 e. The van der Waals surface area contributed by atoms with Gasteiger partial charge in [-0.25, -0.2) is 0 Å². The van der Waals surface area contributed by atoms with E-state index in [9.17, 15) is 4.79 Å². The number of ether oxygens (including phenoxy) is 1. The molecule has 0 heterocycles. The fourth-order valence-corrected chi connectivity index (χ4v) is 0.811. The van der Waals surface area contributed by atoms with Crippen LogP contribution in [0, 0.1) is 0 Å². The molecule has 0 aromatic heterocycles. The van der Waals surface area contributed by atoms with Crippen LogP contribution in [0.4, 0.5) is 0 Å². The first-order chi connectivity index (χ1) is 5.81. The Labute approximate surface area is 74.6 Å². The zero-order valence-electron chi connectivity index (χ0n) is 8.01. The van der Waals surface area contributed by atoms with Gasteiger partial charge >= 0.3 is 5.97 Å². The monoisotopic (exact) mass is 170 g/mol. The summed E-state index contributed by atoms with van der Waals surface area (Å²) in [5.74, 6) is -0.121. The lowest BCUT2D eigenvalue weighted by atomic mass is 10.3. The quantitative estimate of drug-likeness (QED) is 0.348. The van der Waals surface area contributed by atoms with Crippen molar-refractivity contribution in [1.29, 1.82) is 0 Å². The van der Waals surface area contributed by atoms with E-state index in [1.165, 1.54) is 0 Å². The third-order valence-electron chi connectivity index (χ3n) is 1.53. The third kappa shape index (κ3) is 7.32. The van der Waals surface area contributed by atoms with E-state index in [2.05, 4.69) is 6.92 Å². The Morgan fingerprint density at radius 3 is 2.75 bits per heavy atom. The fraction of sp³-hybridized carbons (Fsp3) is 0.700. The summed E-state index contributed by atoms with van der Waals surface area (Å²) in [7, 11) is 0. The third-order valence-corrected chi connectivity index (χ3v) is 1.53. The molecule has 0 unspecified atom stereocenters. The second kappa shape index (κ2) is 8.31. The first-order valence-electron chi connectivity index (χ1n) is 4.58. The molecule has 0 saturated carbocycles. The maximum Gasteiger partial charge on any atom is 0.309 e. The molecule has 0 radical (unpaired) electrons. The van der Waals surface area contributed by atoms with Gasteiger partial charge in [-0.05, 0) is 13.3 Å². The van der Waals surface area contributed by atoms with Gasteiger partial charge in [0.25, 0.3) is 0 Å². The molecule has 0 fully saturated rings. The number of esters is 1. The summed E-state index contributed by atoms with van der Waals surface area (Å²) in [6.45, 7) is 4.59. The van der Waals surface area contributed by atoms with Crippen LogP contribution in [-0.4, -0.2) is 12.6 Å². The minimum atomic E-state index is -0.121. The maximum absolute atomic E-state index is 10.9. The van der Waals surface area contributed by atoms with Gasteiger partial charge in [0, 0.05) is 0 Å². The van der Waals surface area contributed by atoms with Crippen molar-refractivity contribution < 1.29 is 9.53 Å². The number of hydrogen-bond acceptors (Lipinski definition) is 2. The Kier molecular flexibility index (Phi) is 7.76. The Morgan fingerprint density at radius 1 is 1.42 bits per heavy atom. The van der Waals surface area contributed by atoms with Gasteiger partial charge in [-0.1, -0.05) is 31.9 Å². The first kappa shape index (κ1) is 11.2. The Morgan fingerprint density at radius 2 is 2.17 bits per heavy atom. The van der Waals surface area contributed by atoms with Crippen LogP contribution in [0.15, 0.2) is 12.2 Å². The van der Waals surface area contributed by atoms with E-state index in [1.54, 1.807) is 0 Å². The molecule has 0 amide bonds. The molecule has 0 aliphatic rings. The smallest absolute Gasteiger partial charge is 0.309 e. The summed E-state index contributed by atoms with van der Waals surface area (Å²) >= 11 is 0. The average molecular weight is 170 g/mol. The second-order valence-electron chi connectivity index (χ2n) is 2.70. The van der Waals surface area contributed by atoms with Crippen molar-refractivity contribution in [2.45, 2.75) is 39.5 Å². The molecular formula is C10H18O2. The summed E-state index contributed by atoms with van der Waals surface area (Å²) in [4.78, 5) is 10.9. The maximum atomic E-state index is 10.9. The van der Waals surface area contributed by atoms with E-state index in [4.69, 9.17) is 4.74 Å². The topological polar surface area (TPSA) is 26.3 Å². The van der Waals surface area contributed by atoms with Crippen molar-refractivity contribution >= 4 is 5.97 Å². The summed E-state index contributed by atoms with van der Waals surface area (Å²) in [5.41, 5.74) is 0. The molecule has 0 aliphatic heterocycles. The number of carbonyl (C=O) groups excluding carboxylic acids is 1. The SMILES string of the molecule is CC=CCC(=O)OCCCCC. The molecule has 0 atom stereocenters. The van der Waals surface area contributed by atoms with E-state index >= 15 is 0 Å². The van der Waals surface area contributed by atoms with Gasteiger partial charge in [0.15, 0.2) is 0 Å². The lowest BCUT2D eigenvalue weighted by Gasteiger charge is -2.01. The van der Waals surface area contributed by atoms with Crippen molar-refractivity contribution in [2.24, 2.45) is 0 Å². The predicted octanol–water partition coefficient (Wildman–Crippen LogP) is 2.69. The highest BCUT2D eigenvalue weighted by Crippen LogP contribution is 1.96. The molecule has 12 heavy (non-hydrogen) atoms. The first-order valence-corrected chi connectivity index (χ1v) is 4.58. The van der Waals surface area contributed by atoms with Gasteiger partial charge in [0.2, 0.25) is 0 Å². The van der Waals surface area contributed by atoms with E-state index in [1.807, 2.05) is 19.1 Å². The summed E-state index contributed by atoms with van der Waals surface area (Å²) < 4.78 is 4.96. The van der Waals surface area contributed by atoms with Crippen LogP contribution in [0.1, 0.15) is 39.5 Å². The number of carbonyl (C=O) groups is 1. The molecule has 2 nitrogen and oxygen atoms in total. The van der Waals surface area contributed by atoms with Crippen LogP contribution in [0.3, 0.4) is 0 Å². The van der Waals surface area contributed by atoms with Crippen molar-refractivity contribution in [3.63, 3.8) is 0 Å². The molecule has 0 N–H and O–H groups in total. The van der Waals surface area contributed by atoms with Crippen LogP contribution in [0.25, 0.3) is 0 Å².